The first-order valence-corrected chi connectivity index (χ1v) is 11.3. The van der Waals surface area contributed by atoms with Crippen molar-refractivity contribution in [3.05, 3.63) is 81.6 Å². The van der Waals surface area contributed by atoms with Crippen molar-refractivity contribution in [1.82, 2.24) is 14.7 Å². The summed E-state index contributed by atoms with van der Waals surface area (Å²) >= 11 is 1.75. The highest BCUT2D eigenvalue weighted by Gasteiger charge is 2.38. The molecule has 2 aliphatic heterocycles. The number of carbonyl (C=O) groups is 4. The molecule has 2 fully saturated rings. The SMILES string of the molecule is CN(CN1C(=O)S/C(=C\c2ccccc2)C1=O)CN1C(=O)S/C(=C\c2ccccc2)C1=O. The Bertz CT molecular complexity index is 1040. The number of benzene rings is 2. The van der Waals surface area contributed by atoms with E-state index in [1.165, 1.54) is 0 Å². The molecule has 2 aromatic rings. The second kappa shape index (κ2) is 9.56. The predicted octanol–water partition coefficient (Wildman–Crippen LogP) is 4.31. The highest BCUT2D eigenvalue weighted by molar-refractivity contribution is 8.18. The van der Waals surface area contributed by atoms with Gasteiger partial charge < -0.3 is 0 Å². The van der Waals surface area contributed by atoms with Crippen LogP contribution >= 0.6 is 23.5 Å². The van der Waals surface area contributed by atoms with Gasteiger partial charge in [0.05, 0.1) is 23.1 Å². The van der Waals surface area contributed by atoms with E-state index in [0.717, 1.165) is 44.5 Å². The van der Waals surface area contributed by atoms with E-state index in [4.69, 9.17) is 0 Å². The number of hydrogen-bond acceptors (Lipinski definition) is 7. The Morgan fingerprint density at radius 3 is 1.44 bits per heavy atom. The Kier molecular flexibility index (Phi) is 6.59. The summed E-state index contributed by atoms with van der Waals surface area (Å²) in [5.74, 6) is -0.789. The monoisotopic (exact) mass is 465 g/mol. The molecule has 2 aromatic carbocycles. The number of carbonyl (C=O) groups excluding carboxylic acids is 4. The zero-order valence-corrected chi connectivity index (χ0v) is 18.8. The zero-order valence-electron chi connectivity index (χ0n) is 17.1. The maximum atomic E-state index is 12.7. The molecule has 0 unspecified atom stereocenters. The molecule has 0 bridgehead atoms. The van der Waals surface area contributed by atoms with Crippen molar-refractivity contribution >= 4 is 58.0 Å². The lowest BCUT2D eigenvalue weighted by Gasteiger charge is -2.25. The molecule has 7 nitrogen and oxygen atoms in total. The molecule has 0 aliphatic carbocycles. The average Bonchev–Trinajstić information content (AvgIpc) is 3.19. The van der Waals surface area contributed by atoms with E-state index in [2.05, 4.69) is 0 Å². The fraction of sp³-hybridized carbons (Fsp3) is 0.130. The van der Waals surface area contributed by atoms with E-state index >= 15 is 0 Å². The van der Waals surface area contributed by atoms with Gasteiger partial charge in [0.1, 0.15) is 0 Å². The number of imide groups is 2. The molecular weight excluding hydrogens is 446 g/mol. The van der Waals surface area contributed by atoms with E-state index < -0.39 is 11.8 Å². The molecule has 32 heavy (non-hydrogen) atoms. The summed E-state index contributed by atoms with van der Waals surface area (Å²) < 4.78 is 0. The summed E-state index contributed by atoms with van der Waals surface area (Å²) in [4.78, 5) is 54.7. The maximum absolute atomic E-state index is 12.7. The van der Waals surface area contributed by atoms with Gasteiger partial charge in [-0.25, -0.2) is 0 Å². The number of nitrogens with zero attached hydrogens (tertiary/aromatic N) is 3. The third kappa shape index (κ3) is 4.85. The van der Waals surface area contributed by atoms with E-state index in [9.17, 15) is 19.2 Å². The van der Waals surface area contributed by atoms with Gasteiger partial charge in [0, 0.05) is 0 Å². The minimum Gasteiger partial charge on any atom is -0.270 e. The number of hydrogen-bond donors (Lipinski definition) is 0. The molecule has 0 N–H and O–H groups in total. The lowest BCUT2D eigenvalue weighted by Crippen LogP contribution is -2.45. The molecule has 2 aliphatic rings. The van der Waals surface area contributed by atoms with Crippen molar-refractivity contribution in [3.63, 3.8) is 0 Å². The fourth-order valence-corrected chi connectivity index (χ4v) is 4.84. The molecule has 0 spiro atoms. The standard InChI is InChI=1S/C23H19N3O4S2/c1-24(14-25-20(27)18(31-22(25)29)12-16-8-4-2-5-9-16)15-26-21(28)19(32-23(26)30)13-17-10-6-3-7-11-17/h2-13H,14-15H2,1H3/b18-12-,19-13-. The van der Waals surface area contributed by atoms with Gasteiger partial charge in [0.2, 0.25) is 0 Å². The lowest BCUT2D eigenvalue weighted by molar-refractivity contribution is -0.125. The second-order valence-corrected chi connectivity index (χ2v) is 9.17. The first-order valence-electron chi connectivity index (χ1n) is 9.72. The van der Waals surface area contributed by atoms with Gasteiger partial charge in [0.25, 0.3) is 22.3 Å². The van der Waals surface area contributed by atoms with Crippen LogP contribution in [0.25, 0.3) is 12.2 Å². The van der Waals surface area contributed by atoms with Crippen molar-refractivity contribution in [2.75, 3.05) is 20.4 Å². The third-order valence-electron chi connectivity index (χ3n) is 4.71. The van der Waals surface area contributed by atoms with Crippen LogP contribution < -0.4 is 0 Å². The second-order valence-electron chi connectivity index (χ2n) is 7.18. The van der Waals surface area contributed by atoms with E-state index in [-0.39, 0.29) is 23.8 Å². The van der Waals surface area contributed by atoms with Gasteiger partial charge in [-0.15, -0.1) is 0 Å². The maximum Gasteiger partial charge on any atom is 0.294 e. The Balaban J connectivity index is 1.41. The molecule has 0 radical (unpaired) electrons. The molecule has 0 atom stereocenters. The largest absolute Gasteiger partial charge is 0.294 e. The van der Waals surface area contributed by atoms with Crippen molar-refractivity contribution in [2.45, 2.75) is 0 Å². The van der Waals surface area contributed by atoms with Crippen LogP contribution in [0.5, 0.6) is 0 Å². The number of rotatable bonds is 6. The van der Waals surface area contributed by atoms with Crippen LogP contribution in [0.4, 0.5) is 9.59 Å². The van der Waals surface area contributed by atoms with E-state index in [0.29, 0.717) is 9.81 Å². The Morgan fingerprint density at radius 1 is 0.688 bits per heavy atom. The van der Waals surface area contributed by atoms with Crippen molar-refractivity contribution in [3.8, 4) is 0 Å². The summed E-state index contributed by atoms with van der Waals surface area (Å²) in [6.45, 7) is -0.0630. The third-order valence-corrected chi connectivity index (χ3v) is 6.52. The van der Waals surface area contributed by atoms with Crippen LogP contribution in [0, 0.1) is 0 Å². The Hall–Kier alpha value is -3.14. The Morgan fingerprint density at radius 2 is 1.06 bits per heavy atom. The zero-order chi connectivity index (χ0) is 22.7. The molecule has 0 aromatic heterocycles. The summed E-state index contributed by atoms with van der Waals surface area (Å²) in [7, 11) is 1.65. The summed E-state index contributed by atoms with van der Waals surface area (Å²) in [5.41, 5.74) is 1.66. The molecule has 4 rings (SSSR count). The molecule has 4 amide bonds. The van der Waals surface area contributed by atoms with E-state index in [1.807, 2.05) is 60.7 Å². The van der Waals surface area contributed by atoms with Crippen molar-refractivity contribution in [1.29, 1.82) is 0 Å². The average molecular weight is 466 g/mol. The molecule has 2 heterocycles. The van der Waals surface area contributed by atoms with Crippen LogP contribution in [-0.4, -0.2) is 57.4 Å². The van der Waals surface area contributed by atoms with Crippen molar-refractivity contribution in [2.24, 2.45) is 0 Å². The first kappa shape index (κ1) is 22.1. The van der Waals surface area contributed by atoms with Gasteiger partial charge in [-0.05, 0) is 53.9 Å². The molecular formula is C23H19N3O4S2. The fourth-order valence-electron chi connectivity index (χ4n) is 3.17. The van der Waals surface area contributed by atoms with E-state index in [1.54, 1.807) is 24.1 Å². The van der Waals surface area contributed by atoms with Crippen molar-refractivity contribution < 1.29 is 19.2 Å². The number of amides is 4. The molecule has 2 saturated heterocycles. The Labute approximate surface area is 193 Å². The van der Waals surface area contributed by atoms with Gasteiger partial charge >= 0.3 is 0 Å². The van der Waals surface area contributed by atoms with Crippen LogP contribution in [0.15, 0.2) is 70.5 Å². The van der Waals surface area contributed by atoms with Crippen LogP contribution in [0.1, 0.15) is 11.1 Å². The topological polar surface area (TPSA) is 78.0 Å². The molecule has 162 valence electrons. The van der Waals surface area contributed by atoms with Gasteiger partial charge in [-0.3, -0.25) is 33.9 Å². The molecule has 0 saturated carbocycles. The first-order chi connectivity index (χ1) is 15.4. The van der Waals surface area contributed by atoms with Crippen LogP contribution in [0.2, 0.25) is 0 Å². The van der Waals surface area contributed by atoms with Gasteiger partial charge in [-0.2, -0.15) is 0 Å². The normalized spacial score (nSPS) is 19.3. The molecule has 9 heteroatoms. The predicted molar refractivity (Wildman–Crippen MR) is 126 cm³/mol. The minimum absolute atomic E-state index is 0.0315. The summed E-state index contributed by atoms with van der Waals surface area (Å²) in [6.07, 6.45) is 3.35. The van der Waals surface area contributed by atoms with Gasteiger partial charge in [0.15, 0.2) is 0 Å². The highest BCUT2D eigenvalue weighted by Crippen LogP contribution is 2.34. The van der Waals surface area contributed by atoms with Crippen LogP contribution in [0.3, 0.4) is 0 Å². The summed E-state index contributed by atoms with van der Waals surface area (Å²) in [5, 5.41) is -0.774. The minimum atomic E-state index is -0.395. The lowest BCUT2D eigenvalue weighted by atomic mass is 10.2. The smallest absolute Gasteiger partial charge is 0.270 e. The van der Waals surface area contributed by atoms with Crippen LogP contribution in [-0.2, 0) is 9.59 Å². The van der Waals surface area contributed by atoms with Gasteiger partial charge in [-0.1, -0.05) is 60.7 Å². The highest BCUT2D eigenvalue weighted by atomic mass is 32.2. The quantitative estimate of drug-likeness (QED) is 0.589. The summed E-state index contributed by atoms with van der Waals surface area (Å²) in [6, 6.07) is 18.6. The number of thioether (sulfide) groups is 2.